The molecule has 1 unspecified atom stereocenters. The van der Waals surface area contributed by atoms with E-state index < -0.39 is 18.3 Å². The highest BCUT2D eigenvalue weighted by Gasteiger charge is 2.43. The summed E-state index contributed by atoms with van der Waals surface area (Å²) in [5, 5.41) is 0.0487. The lowest BCUT2D eigenvalue weighted by Crippen LogP contribution is -2.30. The number of hydrogen-bond acceptors (Lipinski definition) is 3. The molecule has 8 heteroatoms. The van der Waals surface area contributed by atoms with E-state index in [1.807, 2.05) is 0 Å². The zero-order chi connectivity index (χ0) is 15.3. The van der Waals surface area contributed by atoms with Crippen molar-refractivity contribution >= 4 is 21.7 Å². The van der Waals surface area contributed by atoms with Crippen LogP contribution in [0.5, 0.6) is 11.5 Å². The van der Waals surface area contributed by atoms with Crippen molar-refractivity contribution in [3.05, 3.63) is 23.8 Å². The minimum atomic E-state index is -5.13. The molecule has 0 aliphatic carbocycles. The molecule has 1 aromatic carbocycles. The molecule has 0 saturated carbocycles. The van der Waals surface area contributed by atoms with E-state index in [9.17, 15) is 22.4 Å². The fraction of sp³-hybridized carbons (Fsp3) is 0.417. The van der Waals surface area contributed by atoms with E-state index in [4.69, 9.17) is 4.74 Å². The summed E-state index contributed by atoms with van der Waals surface area (Å²) in [6.45, 7) is 1.73. The van der Waals surface area contributed by atoms with Crippen LogP contribution in [0.1, 0.15) is 17.3 Å². The van der Waals surface area contributed by atoms with Crippen molar-refractivity contribution in [3.8, 4) is 11.5 Å². The number of hydrogen-bond donors (Lipinski definition) is 0. The van der Waals surface area contributed by atoms with E-state index in [0.29, 0.717) is 0 Å². The van der Waals surface area contributed by atoms with Crippen LogP contribution in [0.4, 0.5) is 17.6 Å². The maximum atomic E-state index is 12.9. The van der Waals surface area contributed by atoms with Crippen molar-refractivity contribution in [3.63, 3.8) is 0 Å². The van der Waals surface area contributed by atoms with Gasteiger partial charge in [0.05, 0.1) is 11.9 Å². The summed E-state index contributed by atoms with van der Waals surface area (Å²) in [6, 6.07) is 3.52. The standard InChI is InChI=1S/C12H11BrF4O3/c1-2-19-10-5-7(8(18)6-13)3-4-9(10)20-11(14)12(15,16)17/h3-5,11H,2,6H2,1H3. The molecule has 0 N–H and O–H groups in total. The average Bonchev–Trinajstić information content (AvgIpc) is 2.38. The van der Waals surface area contributed by atoms with Crippen LogP contribution in [0.15, 0.2) is 18.2 Å². The Balaban J connectivity index is 3.04. The average molecular weight is 359 g/mol. The van der Waals surface area contributed by atoms with E-state index >= 15 is 0 Å². The molecule has 3 nitrogen and oxygen atoms in total. The summed E-state index contributed by atoms with van der Waals surface area (Å²) in [4.78, 5) is 11.5. The second-order valence-electron chi connectivity index (χ2n) is 3.63. The molecule has 1 rings (SSSR count). The summed E-state index contributed by atoms with van der Waals surface area (Å²) in [5.74, 6) is -0.820. The van der Waals surface area contributed by atoms with E-state index in [2.05, 4.69) is 20.7 Å². The van der Waals surface area contributed by atoms with Crippen LogP contribution < -0.4 is 9.47 Å². The van der Waals surface area contributed by atoms with Gasteiger partial charge in [0.1, 0.15) is 0 Å². The molecule has 0 radical (unpaired) electrons. The normalized spacial score (nSPS) is 12.9. The van der Waals surface area contributed by atoms with Gasteiger partial charge < -0.3 is 9.47 Å². The summed E-state index contributed by atoms with van der Waals surface area (Å²) in [6.07, 6.45) is -8.59. The number of carbonyl (C=O) groups excluding carboxylic acids is 1. The molecule has 0 fully saturated rings. The second kappa shape index (κ2) is 6.92. The van der Waals surface area contributed by atoms with Crippen molar-refractivity contribution in [2.45, 2.75) is 19.5 Å². The SMILES string of the molecule is CCOc1cc(C(=O)CBr)ccc1OC(F)C(F)(F)F. The zero-order valence-electron chi connectivity index (χ0n) is 10.3. The van der Waals surface area contributed by atoms with Gasteiger partial charge in [0, 0.05) is 5.56 Å². The number of rotatable bonds is 6. The summed E-state index contributed by atoms with van der Waals surface area (Å²) in [7, 11) is 0. The molecule has 0 spiro atoms. The van der Waals surface area contributed by atoms with Crippen molar-refractivity contribution in [1.29, 1.82) is 0 Å². The Labute approximate surface area is 121 Å². The number of Topliss-reactive ketones (excluding diaryl/α,β-unsaturated/α-hetero) is 1. The van der Waals surface area contributed by atoms with Crippen LogP contribution in [0.2, 0.25) is 0 Å². The highest BCUT2D eigenvalue weighted by atomic mass is 79.9. The van der Waals surface area contributed by atoms with Crippen LogP contribution in [0.25, 0.3) is 0 Å². The molecular weight excluding hydrogens is 348 g/mol. The van der Waals surface area contributed by atoms with Crippen LogP contribution in [-0.4, -0.2) is 30.3 Å². The second-order valence-corrected chi connectivity index (χ2v) is 4.19. The van der Waals surface area contributed by atoms with Crippen LogP contribution in [-0.2, 0) is 0 Å². The molecule has 0 aliphatic rings. The number of ketones is 1. The minimum Gasteiger partial charge on any atom is -0.490 e. The van der Waals surface area contributed by atoms with Gasteiger partial charge >= 0.3 is 12.5 Å². The Morgan fingerprint density at radius 2 is 2.00 bits per heavy atom. The monoisotopic (exact) mass is 358 g/mol. The zero-order valence-corrected chi connectivity index (χ0v) is 11.9. The fourth-order valence-corrected chi connectivity index (χ4v) is 1.63. The van der Waals surface area contributed by atoms with Gasteiger partial charge in [0.15, 0.2) is 17.3 Å². The maximum Gasteiger partial charge on any atom is 0.457 e. The van der Waals surface area contributed by atoms with Gasteiger partial charge in [0.25, 0.3) is 0 Å². The van der Waals surface area contributed by atoms with E-state index in [0.717, 1.165) is 6.07 Å². The Morgan fingerprint density at radius 1 is 1.35 bits per heavy atom. The van der Waals surface area contributed by atoms with Gasteiger partial charge in [-0.1, -0.05) is 15.9 Å². The molecule has 0 aromatic heterocycles. The smallest absolute Gasteiger partial charge is 0.457 e. The first-order chi connectivity index (χ1) is 9.29. The number of benzene rings is 1. The Kier molecular flexibility index (Phi) is 5.79. The third-order valence-electron chi connectivity index (χ3n) is 2.17. The molecule has 0 heterocycles. The summed E-state index contributed by atoms with van der Waals surface area (Å²) >= 11 is 2.97. The van der Waals surface area contributed by atoms with E-state index in [1.54, 1.807) is 6.92 Å². The molecule has 0 saturated heterocycles. The largest absolute Gasteiger partial charge is 0.490 e. The van der Waals surface area contributed by atoms with Crippen molar-refractivity contribution < 1.29 is 31.8 Å². The Bertz CT molecular complexity index is 476. The summed E-state index contributed by atoms with van der Waals surface area (Å²) < 4.78 is 58.5. The minimum absolute atomic E-state index is 0.0487. The first-order valence-electron chi connectivity index (χ1n) is 5.53. The first kappa shape index (κ1) is 16.7. The van der Waals surface area contributed by atoms with Gasteiger partial charge in [-0.05, 0) is 25.1 Å². The van der Waals surface area contributed by atoms with Gasteiger partial charge in [-0.15, -0.1) is 0 Å². The summed E-state index contributed by atoms with van der Waals surface area (Å²) in [5.41, 5.74) is 0.222. The lowest BCUT2D eigenvalue weighted by Gasteiger charge is -2.17. The number of ether oxygens (including phenoxy) is 2. The highest BCUT2D eigenvalue weighted by Crippen LogP contribution is 2.33. The highest BCUT2D eigenvalue weighted by molar-refractivity contribution is 9.09. The van der Waals surface area contributed by atoms with Crippen LogP contribution >= 0.6 is 15.9 Å². The lowest BCUT2D eigenvalue weighted by atomic mass is 10.1. The Hall–Kier alpha value is -1.31. The lowest BCUT2D eigenvalue weighted by molar-refractivity contribution is -0.236. The third-order valence-corrected chi connectivity index (χ3v) is 2.68. The third kappa shape index (κ3) is 4.36. The molecule has 20 heavy (non-hydrogen) atoms. The van der Waals surface area contributed by atoms with Crippen molar-refractivity contribution in [1.82, 2.24) is 0 Å². The van der Waals surface area contributed by atoms with Gasteiger partial charge in [0.2, 0.25) is 0 Å². The number of alkyl halides is 5. The molecule has 0 aliphatic heterocycles. The topological polar surface area (TPSA) is 35.5 Å². The maximum absolute atomic E-state index is 12.9. The molecule has 1 atom stereocenters. The van der Waals surface area contributed by atoms with Crippen molar-refractivity contribution in [2.75, 3.05) is 11.9 Å². The quantitative estimate of drug-likeness (QED) is 0.439. The molecule has 0 amide bonds. The molecular formula is C12H11BrF4O3. The molecule has 1 aromatic rings. The van der Waals surface area contributed by atoms with Crippen LogP contribution in [0, 0.1) is 0 Å². The van der Waals surface area contributed by atoms with Gasteiger partial charge in [-0.25, -0.2) is 0 Å². The molecule has 0 bridgehead atoms. The van der Waals surface area contributed by atoms with Gasteiger partial charge in [-0.3, -0.25) is 4.79 Å². The predicted molar refractivity (Wildman–Crippen MR) is 67.3 cm³/mol. The fourth-order valence-electron chi connectivity index (χ4n) is 1.30. The number of carbonyl (C=O) groups is 1. The van der Waals surface area contributed by atoms with E-state index in [-0.39, 0.29) is 29.0 Å². The van der Waals surface area contributed by atoms with Gasteiger partial charge in [-0.2, -0.15) is 17.6 Å². The van der Waals surface area contributed by atoms with E-state index in [1.165, 1.54) is 12.1 Å². The van der Waals surface area contributed by atoms with Crippen LogP contribution in [0.3, 0.4) is 0 Å². The Morgan fingerprint density at radius 3 is 2.50 bits per heavy atom. The number of halogens is 5. The predicted octanol–water partition coefficient (Wildman–Crippen LogP) is 3.90. The first-order valence-corrected chi connectivity index (χ1v) is 6.65. The molecule has 112 valence electrons. The van der Waals surface area contributed by atoms with Crippen molar-refractivity contribution in [2.24, 2.45) is 0 Å².